The van der Waals surface area contributed by atoms with Gasteiger partial charge in [0.1, 0.15) is 5.75 Å². The topological polar surface area (TPSA) is 97.7 Å². The molecule has 14 heteroatoms. The molecule has 4 saturated carbocycles. The van der Waals surface area contributed by atoms with Gasteiger partial charge in [0.25, 0.3) is 0 Å². The molecule has 4 bridgehead atoms. The Morgan fingerprint density at radius 3 is 1.59 bits per heavy atom. The molecule has 5 rings (SSSR count). The summed E-state index contributed by atoms with van der Waals surface area (Å²) in [5.41, 5.74) is 0.956. The Morgan fingerprint density at radius 2 is 1.24 bits per heavy atom. The van der Waals surface area contributed by atoms with Gasteiger partial charge < -0.3 is 4.18 Å². The van der Waals surface area contributed by atoms with Gasteiger partial charge in [0, 0.05) is 0 Å². The maximum atomic E-state index is 14.4. The highest BCUT2D eigenvalue weighted by molar-refractivity contribution is 7.88. The molecule has 0 radical (unpaired) electrons. The van der Waals surface area contributed by atoms with Gasteiger partial charge in [0.15, 0.2) is 0 Å². The van der Waals surface area contributed by atoms with E-state index in [9.17, 15) is 43.2 Å². The van der Waals surface area contributed by atoms with E-state index in [0.29, 0.717) is 17.8 Å². The van der Waals surface area contributed by atoms with Crippen LogP contribution in [0.3, 0.4) is 0 Å². The monoisotopic (exact) mass is 578 g/mol. The van der Waals surface area contributed by atoms with E-state index in [0.717, 1.165) is 44.1 Å². The first-order valence-corrected chi connectivity index (χ1v) is 14.9. The maximum Gasteiger partial charge on any atom is 0.450 e. The first-order valence-electron chi connectivity index (χ1n) is 12.0. The maximum absolute atomic E-state index is 14.4. The highest BCUT2D eigenvalue weighted by Crippen LogP contribution is 2.61. The molecule has 0 heterocycles. The normalized spacial score (nSPS) is 28.5. The van der Waals surface area contributed by atoms with Gasteiger partial charge in [-0.05, 0) is 91.2 Å². The lowest BCUT2D eigenvalue weighted by Crippen LogP contribution is -2.61. The zero-order valence-electron chi connectivity index (χ0n) is 20.1. The number of halogens is 6. The summed E-state index contributed by atoms with van der Waals surface area (Å²) >= 11 is 0. The minimum Gasteiger partial charge on any atom is -0.377 e. The lowest BCUT2D eigenvalue weighted by atomic mass is 9.48. The van der Waals surface area contributed by atoms with Crippen LogP contribution in [0.25, 0.3) is 0 Å². The van der Waals surface area contributed by atoms with Crippen LogP contribution in [0.2, 0.25) is 0 Å². The fourth-order valence-electron chi connectivity index (χ4n) is 6.81. The minimum absolute atomic E-state index is 0.0567. The molecule has 0 saturated heterocycles. The molecule has 0 aromatic heterocycles. The third kappa shape index (κ3) is 4.25. The molecular weight excluding hydrogens is 550 g/mol. The van der Waals surface area contributed by atoms with Crippen molar-refractivity contribution in [3.63, 3.8) is 0 Å². The molecule has 37 heavy (non-hydrogen) atoms. The Hall–Kier alpha value is -1.54. The molecule has 0 atom stereocenters. The molecule has 0 amide bonds. The van der Waals surface area contributed by atoms with Crippen molar-refractivity contribution in [2.75, 3.05) is 0 Å². The number of hydrogen-bond donors (Lipinski definition) is 1. The Bertz CT molecular complexity index is 1230. The van der Waals surface area contributed by atoms with Gasteiger partial charge in [0.05, 0.1) is 0 Å². The summed E-state index contributed by atoms with van der Waals surface area (Å²) in [6.07, 6.45) is 6.35. The van der Waals surface area contributed by atoms with E-state index in [-0.39, 0.29) is 29.4 Å². The highest BCUT2D eigenvalue weighted by atomic mass is 32.2. The number of rotatable bonds is 9. The van der Waals surface area contributed by atoms with Crippen molar-refractivity contribution in [1.29, 1.82) is 0 Å². The summed E-state index contributed by atoms with van der Waals surface area (Å²) < 4.78 is 143. The van der Waals surface area contributed by atoms with Gasteiger partial charge in [-0.15, -0.1) is 0 Å². The zero-order valence-corrected chi connectivity index (χ0v) is 21.7. The van der Waals surface area contributed by atoms with E-state index in [1.54, 1.807) is 26.0 Å². The van der Waals surface area contributed by atoms with Crippen LogP contribution in [0, 0.1) is 17.8 Å². The Morgan fingerprint density at radius 1 is 0.838 bits per heavy atom. The molecule has 4 aliphatic rings. The molecular formula is C23H28F6O6S2. The van der Waals surface area contributed by atoms with Gasteiger partial charge >= 0.3 is 36.7 Å². The van der Waals surface area contributed by atoms with Gasteiger partial charge in [-0.2, -0.15) is 43.2 Å². The van der Waals surface area contributed by atoms with Crippen molar-refractivity contribution in [2.24, 2.45) is 17.8 Å². The number of alkyl halides is 6. The number of benzene rings is 1. The van der Waals surface area contributed by atoms with Crippen molar-refractivity contribution < 1.29 is 51.9 Å². The van der Waals surface area contributed by atoms with E-state index in [1.807, 2.05) is 0 Å². The van der Waals surface area contributed by atoms with E-state index >= 15 is 0 Å². The number of aryl methyl sites for hydroxylation is 2. The molecule has 0 aliphatic heterocycles. The van der Waals surface area contributed by atoms with Gasteiger partial charge in [-0.1, -0.05) is 26.0 Å². The van der Waals surface area contributed by atoms with Crippen LogP contribution < -0.4 is 4.18 Å². The Balaban J connectivity index is 1.75. The molecule has 4 aliphatic carbocycles. The second-order valence-corrected chi connectivity index (χ2v) is 13.7. The smallest absolute Gasteiger partial charge is 0.377 e. The molecule has 1 aromatic carbocycles. The molecule has 1 N–H and O–H groups in total. The Labute approximate surface area is 211 Å². The number of hydrogen-bond acceptors (Lipinski definition) is 5. The van der Waals surface area contributed by atoms with Gasteiger partial charge in [-0.25, -0.2) is 0 Å². The average Bonchev–Trinajstić information content (AvgIpc) is 2.76. The largest absolute Gasteiger partial charge is 0.450 e. The summed E-state index contributed by atoms with van der Waals surface area (Å²) in [4.78, 5) is 0. The van der Waals surface area contributed by atoms with Crippen molar-refractivity contribution in [1.82, 2.24) is 0 Å². The highest BCUT2D eigenvalue weighted by Gasteiger charge is 2.83. The van der Waals surface area contributed by atoms with Crippen LogP contribution in [0.15, 0.2) is 12.1 Å². The third-order valence-corrected chi connectivity index (χ3v) is 10.4. The molecule has 1 aromatic rings. The van der Waals surface area contributed by atoms with Crippen molar-refractivity contribution in [3.05, 3.63) is 28.8 Å². The van der Waals surface area contributed by atoms with E-state index in [1.165, 1.54) is 0 Å². The molecule has 0 spiro atoms. The summed E-state index contributed by atoms with van der Waals surface area (Å²) in [6, 6.07) is 3.22. The first-order chi connectivity index (χ1) is 16.8. The molecule has 210 valence electrons. The van der Waals surface area contributed by atoms with E-state index in [2.05, 4.69) is 4.18 Å². The van der Waals surface area contributed by atoms with Crippen LogP contribution in [0.5, 0.6) is 5.75 Å². The fraction of sp³-hybridized carbons (Fsp3) is 0.739. The minimum atomic E-state index is -7.11. The van der Waals surface area contributed by atoms with Gasteiger partial charge in [0.2, 0.25) is 0 Å². The second-order valence-electron chi connectivity index (χ2n) is 10.6. The second kappa shape index (κ2) is 8.73. The predicted molar refractivity (Wildman–Crippen MR) is 121 cm³/mol. The van der Waals surface area contributed by atoms with Crippen LogP contribution in [-0.2, 0) is 38.5 Å². The lowest BCUT2D eigenvalue weighted by molar-refractivity contribution is -0.247. The van der Waals surface area contributed by atoms with Crippen LogP contribution in [0.4, 0.5) is 26.3 Å². The Kier molecular flexibility index (Phi) is 6.72. The van der Waals surface area contributed by atoms with Crippen molar-refractivity contribution in [3.8, 4) is 5.75 Å². The van der Waals surface area contributed by atoms with Gasteiger partial charge in [-0.3, -0.25) is 4.55 Å². The third-order valence-electron chi connectivity index (χ3n) is 8.22. The SMILES string of the molecule is CCc1cc(C23CC4CC(CC(C4)C2)C3)cc(CC)c1OS(=O)(=O)C(F)(F)C(F)(F)C(F)(F)S(=O)(=O)O. The van der Waals surface area contributed by atoms with Crippen molar-refractivity contribution in [2.45, 2.75) is 87.1 Å². The van der Waals surface area contributed by atoms with Crippen LogP contribution in [0.1, 0.15) is 69.1 Å². The predicted octanol–water partition coefficient (Wildman–Crippen LogP) is 5.70. The summed E-state index contributed by atoms with van der Waals surface area (Å²) in [5, 5.41) is -13.5. The van der Waals surface area contributed by atoms with Crippen LogP contribution >= 0.6 is 0 Å². The standard InChI is InChI=1S/C23H28F6O6S2/c1-3-16-8-18(20-10-13-5-14(11-20)7-15(6-13)12-20)9-17(4-2)19(16)35-37(33,34)23(28,29)21(24,25)22(26,27)36(30,31)32/h8-9,13-15H,3-7,10-12H2,1-2H3,(H,30,31,32). The average molecular weight is 579 g/mol. The summed E-state index contributed by atoms with van der Waals surface area (Å²) in [7, 11) is -14.0. The van der Waals surface area contributed by atoms with Crippen molar-refractivity contribution >= 4 is 20.2 Å². The van der Waals surface area contributed by atoms with E-state index in [4.69, 9.17) is 4.55 Å². The summed E-state index contributed by atoms with van der Waals surface area (Å²) in [5.74, 6) is -6.05. The quantitative estimate of drug-likeness (QED) is 0.230. The first kappa shape index (κ1) is 28.5. The summed E-state index contributed by atoms with van der Waals surface area (Å²) in [6.45, 7) is 3.13. The molecule has 0 unspecified atom stereocenters. The van der Waals surface area contributed by atoms with E-state index < -0.39 is 42.4 Å². The molecule has 4 fully saturated rings. The zero-order chi connectivity index (χ0) is 27.8. The lowest BCUT2D eigenvalue weighted by Gasteiger charge is -2.57. The molecule has 6 nitrogen and oxygen atoms in total. The fourth-order valence-corrected chi connectivity index (χ4v) is 8.30. The van der Waals surface area contributed by atoms with Crippen LogP contribution in [-0.4, -0.2) is 37.8 Å².